The molecule has 0 bridgehead atoms. The maximum absolute atomic E-state index is 9.63. The molecule has 2 aromatic carbocycles. The third-order valence-electron chi connectivity index (χ3n) is 2.72. The fourth-order valence-electron chi connectivity index (χ4n) is 1.60. The maximum Gasteiger partial charge on any atom is 0.207 e. The standard InChI is InChI=1S/C15H12Cl2N4O2S/c16-11-1-3-13(22)9(5-11)7-18-20-15(24)21-19-8-10-6-12(17)2-4-14(10)23/h1-8,22-23H,(H2,20,21,24)/b18-7-,19-8-. The highest BCUT2D eigenvalue weighted by atomic mass is 35.5. The van der Waals surface area contributed by atoms with Gasteiger partial charge in [-0.2, -0.15) is 10.2 Å². The Morgan fingerprint density at radius 2 is 1.29 bits per heavy atom. The van der Waals surface area contributed by atoms with Crippen LogP contribution in [0, 0.1) is 0 Å². The molecule has 9 heteroatoms. The number of aromatic hydroxyl groups is 2. The van der Waals surface area contributed by atoms with E-state index in [9.17, 15) is 10.2 Å². The summed E-state index contributed by atoms with van der Waals surface area (Å²) in [6.45, 7) is 0. The quantitative estimate of drug-likeness (QED) is 0.370. The molecule has 2 aromatic rings. The highest BCUT2D eigenvalue weighted by Gasteiger charge is 2.00. The van der Waals surface area contributed by atoms with Crippen molar-refractivity contribution in [3.05, 3.63) is 57.6 Å². The smallest absolute Gasteiger partial charge is 0.207 e. The molecule has 2 rings (SSSR count). The molecule has 0 unspecified atom stereocenters. The van der Waals surface area contributed by atoms with Crippen molar-refractivity contribution in [3.63, 3.8) is 0 Å². The minimum atomic E-state index is 0.0401. The summed E-state index contributed by atoms with van der Waals surface area (Å²) >= 11 is 16.6. The van der Waals surface area contributed by atoms with Crippen molar-refractivity contribution >= 4 is 53.0 Å². The molecule has 0 atom stereocenters. The first kappa shape index (κ1) is 18.0. The number of rotatable bonds is 4. The van der Waals surface area contributed by atoms with E-state index in [1.807, 2.05) is 0 Å². The zero-order chi connectivity index (χ0) is 17.5. The van der Waals surface area contributed by atoms with Crippen molar-refractivity contribution < 1.29 is 10.2 Å². The molecule has 0 fully saturated rings. The van der Waals surface area contributed by atoms with Gasteiger partial charge in [-0.05, 0) is 48.6 Å². The van der Waals surface area contributed by atoms with Gasteiger partial charge in [-0.1, -0.05) is 23.2 Å². The summed E-state index contributed by atoms with van der Waals surface area (Å²) in [5, 5.41) is 28.0. The van der Waals surface area contributed by atoms with Crippen LogP contribution >= 0.6 is 35.4 Å². The van der Waals surface area contributed by atoms with Gasteiger partial charge in [0.2, 0.25) is 5.11 Å². The fraction of sp³-hybridized carbons (Fsp3) is 0. The number of nitrogens with one attached hydrogen (secondary N) is 2. The molecule has 0 heterocycles. The van der Waals surface area contributed by atoms with Crippen molar-refractivity contribution in [2.75, 3.05) is 0 Å². The molecule has 0 spiro atoms. The van der Waals surface area contributed by atoms with E-state index in [0.717, 1.165) is 0 Å². The third kappa shape index (κ3) is 5.38. The number of hydrazone groups is 2. The minimum Gasteiger partial charge on any atom is -0.507 e. The van der Waals surface area contributed by atoms with E-state index >= 15 is 0 Å². The maximum atomic E-state index is 9.63. The molecule has 4 N–H and O–H groups in total. The molecule has 124 valence electrons. The van der Waals surface area contributed by atoms with Gasteiger partial charge in [0.05, 0.1) is 12.4 Å². The second-order valence-electron chi connectivity index (χ2n) is 4.48. The number of phenols is 2. The van der Waals surface area contributed by atoms with E-state index in [4.69, 9.17) is 35.4 Å². The highest BCUT2D eigenvalue weighted by molar-refractivity contribution is 7.80. The van der Waals surface area contributed by atoms with E-state index in [0.29, 0.717) is 21.2 Å². The largest absolute Gasteiger partial charge is 0.507 e. The monoisotopic (exact) mass is 382 g/mol. The van der Waals surface area contributed by atoms with E-state index in [1.165, 1.54) is 24.6 Å². The van der Waals surface area contributed by atoms with E-state index in [2.05, 4.69) is 21.1 Å². The Balaban J connectivity index is 1.89. The number of benzene rings is 2. The van der Waals surface area contributed by atoms with Gasteiger partial charge in [-0.15, -0.1) is 0 Å². The summed E-state index contributed by atoms with van der Waals surface area (Å²) in [7, 11) is 0. The minimum absolute atomic E-state index is 0.0401. The first-order chi connectivity index (χ1) is 11.5. The lowest BCUT2D eigenvalue weighted by Gasteiger charge is -2.03. The van der Waals surface area contributed by atoms with Crippen LogP contribution in [0.2, 0.25) is 10.0 Å². The summed E-state index contributed by atoms with van der Waals surface area (Å²) < 4.78 is 0. The Kier molecular flexibility index (Phi) is 6.36. The Bertz CT molecular complexity index is 747. The van der Waals surface area contributed by atoms with E-state index in [-0.39, 0.29) is 16.6 Å². The molecule has 0 aromatic heterocycles. The Hall–Kier alpha value is -2.35. The zero-order valence-electron chi connectivity index (χ0n) is 12.1. The van der Waals surface area contributed by atoms with Crippen LogP contribution in [0.4, 0.5) is 0 Å². The van der Waals surface area contributed by atoms with Crippen LogP contribution in [0.5, 0.6) is 11.5 Å². The van der Waals surface area contributed by atoms with Crippen LogP contribution in [0.25, 0.3) is 0 Å². The predicted octanol–water partition coefficient (Wildman–Crippen LogP) is 3.24. The van der Waals surface area contributed by atoms with Gasteiger partial charge in [0.1, 0.15) is 11.5 Å². The van der Waals surface area contributed by atoms with Crippen molar-refractivity contribution in [3.8, 4) is 11.5 Å². The number of hydrogen-bond acceptors (Lipinski definition) is 5. The van der Waals surface area contributed by atoms with E-state index in [1.54, 1.807) is 24.3 Å². The van der Waals surface area contributed by atoms with Crippen LogP contribution in [-0.2, 0) is 0 Å². The van der Waals surface area contributed by atoms with Crippen molar-refractivity contribution in [1.29, 1.82) is 0 Å². The second-order valence-corrected chi connectivity index (χ2v) is 5.76. The number of phenolic OH excluding ortho intramolecular Hbond substituents is 2. The first-order valence-corrected chi connectivity index (χ1v) is 7.71. The SMILES string of the molecule is Oc1ccc(Cl)cc1/C=N\NC(=S)N/N=C\c1cc(Cl)ccc1O. The summed E-state index contributed by atoms with van der Waals surface area (Å²) in [6, 6.07) is 9.16. The number of halogens is 2. The average Bonchev–Trinajstić information content (AvgIpc) is 2.54. The van der Waals surface area contributed by atoms with E-state index < -0.39 is 0 Å². The molecule has 6 nitrogen and oxygen atoms in total. The van der Waals surface area contributed by atoms with Crippen LogP contribution in [0.1, 0.15) is 11.1 Å². The van der Waals surface area contributed by atoms with Gasteiger partial charge in [0, 0.05) is 21.2 Å². The van der Waals surface area contributed by atoms with Gasteiger partial charge in [0.25, 0.3) is 0 Å². The van der Waals surface area contributed by atoms with Gasteiger partial charge >= 0.3 is 0 Å². The normalized spacial score (nSPS) is 11.1. The summed E-state index contributed by atoms with van der Waals surface area (Å²) in [4.78, 5) is 0. The van der Waals surface area contributed by atoms with Crippen LogP contribution in [0.15, 0.2) is 46.6 Å². The van der Waals surface area contributed by atoms with Gasteiger partial charge < -0.3 is 10.2 Å². The summed E-state index contributed by atoms with van der Waals surface area (Å²) in [5.74, 6) is 0.0801. The zero-order valence-corrected chi connectivity index (χ0v) is 14.4. The van der Waals surface area contributed by atoms with Crippen LogP contribution in [0.3, 0.4) is 0 Å². The first-order valence-electron chi connectivity index (χ1n) is 6.55. The Morgan fingerprint density at radius 1 is 0.875 bits per heavy atom. The predicted molar refractivity (Wildman–Crippen MR) is 100 cm³/mol. The molecule has 24 heavy (non-hydrogen) atoms. The molecule has 0 amide bonds. The summed E-state index contributed by atoms with van der Waals surface area (Å²) in [5.41, 5.74) is 5.92. The fourth-order valence-corrected chi connectivity index (χ4v) is 2.07. The lowest BCUT2D eigenvalue weighted by atomic mass is 10.2. The number of thiocarbonyl (C=S) groups is 1. The lowest BCUT2D eigenvalue weighted by molar-refractivity contribution is 0.474. The molecule has 0 aliphatic rings. The Morgan fingerprint density at radius 3 is 1.71 bits per heavy atom. The topological polar surface area (TPSA) is 89.2 Å². The molecule has 0 aliphatic heterocycles. The highest BCUT2D eigenvalue weighted by Crippen LogP contribution is 2.20. The average molecular weight is 383 g/mol. The van der Waals surface area contributed by atoms with Crippen molar-refractivity contribution in [1.82, 2.24) is 10.9 Å². The van der Waals surface area contributed by atoms with Crippen molar-refractivity contribution in [2.24, 2.45) is 10.2 Å². The van der Waals surface area contributed by atoms with Gasteiger partial charge in [-0.25, -0.2) is 0 Å². The Labute approximate surface area is 153 Å². The van der Waals surface area contributed by atoms with Crippen LogP contribution < -0.4 is 10.9 Å². The van der Waals surface area contributed by atoms with Crippen LogP contribution in [-0.4, -0.2) is 27.8 Å². The molecule has 0 radical (unpaired) electrons. The summed E-state index contributed by atoms with van der Waals surface area (Å²) in [6.07, 6.45) is 2.73. The molecular weight excluding hydrogens is 371 g/mol. The third-order valence-corrected chi connectivity index (χ3v) is 3.37. The second kappa shape index (κ2) is 8.49. The van der Waals surface area contributed by atoms with Gasteiger partial charge in [0.15, 0.2) is 0 Å². The molecule has 0 saturated heterocycles. The number of hydrogen-bond donors (Lipinski definition) is 4. The van der Waals surface area contributed by atoms with Gasteiger partial charge in [-0.3, -0.25) is 10.9 Å². The lowest BCUT2D eigenvalue weighted by Crippen LogP contribution is -2.28. The molecular formula is C15H12Cl2N4O2S. The van der Waals surface area contributed by atoms with Crippen molar-refractivity contribution in [2.45, 2.75) is 0 Å². The number of nitrogens with zero attached hydrogens (tertiary/aromatic N) is 2. The molecule has 0 aliphatic carbocycles. The molecule has 0 saturated carbocycles.